The normalized spacial score (nSPS) is 14.6. The van der Waals surface area contributed by atoms with Crippen molar-refractivity contribution in [2.45, 2.75) is 26.0 Å². The predicted octanol–water partition coefficient (Wildman–Crippen LogP) is 0.747. The van der Waals surface area contributed by atoms with Crippen LogP contribution < -0.4 is 10.5 Å². The molecule has 0 radical (unpaired) electrons. The summed E-state index contributed by atoms with van der Waals surface area (Å²) in [6.45, 7) is 3.60. The van der Waals surface area contributed by atoms with Crippen LogP contribution in [0.4, 0.5) is 0 Å². The average molecular weight is 225 g/mol. The summed E-state index contributed by atoms with van der Waals surface area (Å²) in [5.74, 6) is 0.669. The van der Waals surface area contributed by atoms with E-state index in [0.717, 1.165) is 11.1 Å². The Bertz CT molecular complexity index is 339. The van der Waals surface area contributed by atoms with Crippen molar-refractivity contribution in [1.82, 2.24) is 0 Å². The smallest absolute Gasteiger partial charge is 0.124 e. The van der Waals surface area contributed by atoms with Gasteiger partial charge in [0.2, 0.25) is 0 Å². The van der Waals surface area contributed by atoms with Crippen LogP contribution in [0.5, 0.6) is 5.75 Å². The first kappa shape index (κ1) is 13.0. The second-order valence-corrected chi connectivity index (χ2v) is 3.98. The molecule has 4 nitrogen and oxygen atoms in total. The fourth-order valence-corrected chi connectivity index (χ4v) is 1.38. The third-order valence-electron chi connectivity index (χ3n) is 2.30. The number of nitrogens with two attached hydrogens (primary N) is 1. The Morgan fingerprint density at radius 1 is 1.44 bits per heavy atom. The minimum absolute atomic E-state index is 0.0691. The monoisotopic (exact) mass is 225 g/mol. The summed E-state index contributed by atoms with van der Waals surface area (Å²) in [6.07, 6.45) is -0.860. The minimum atomic E-state index is -0.860. The highest BCUT2D eigenvalue weighted by Crippen LogP contribution is 2.25. The summed E-state index contributed by atoms with van der Waals surface area (Å²) in [4.78, 5) is 0. The van der Waals surface area contributed by atoms with Gasteiger partial charge in [-0.1, -0.05) is 12.1 Å². The number of aryl methyl sites for hydroxylation is 1. The fourth-order valence-electron chi connectivity index (χ4n) is 1.38. The molecular formula is C12H19NO3. The molecule has 0 fully saturated rings. The zero-order valence-electron chi connectivity index (χ0n) is 9.68. The molecule has 4 heteroatoms. The highest BCUT2D eigenvalue weighted by Gasteiger charge is 2.10. The number of benzene rings is 1. The first-order valence-corrected chi connectivity index (χ1v) is 5.32. The molecule has 0 amide bonds. The van der Waals surface area contributed by atoms with E-state index in [1.54, 1.807) is 0 Å². The van der Waals surface area contributed by atoms with Crippen molar-refractivity contribution in [2.75, 3.05) is 13.2 Å². The Hall–Kier alpha value is -1.10. The van der Waals surface area contributed by atoms with E-state index in [9.17, 15) is 5.11 Å². The van der Waals surface area contributed by atoms with Crippen molar-refractivity contribution in [3.63, 3.8) is 0 Å². The summed E-state index contributed by atoms with van der Waals surface area (Å²) in [5.41, 5.74) is 7.78. The van der Waals surface area contributed by atoms with Crippen LogP contribution in [0.1, 0.15) is 24.1 Å². The number of aliphatic hydroxyl groups excluding tert-OH is 2. The first-order valence-electron chi connectivity index (χ1n) is 5.32. The number of hydrogen-bond acceptors (Lipinski definition) is 4. The molecule has 0 aromatic heterocycles. The van der Waals surface area contributed by atoms with Gasteiger partial charge in [-0.3, -0.25) is 0 Å². The fraction of sp³-hybridized carbons (Fsp3) is 0.500. The summed E-state index contributed by atoms with van der Waals surface area (Å²) < 4.78 is 5.44. The maximum absolute atomic E-state index is 9.21. The van der Waals surface area contributed by atoms with Crippen molar-refractivity contribution in [3.8, 4) is 5.75 Å². The van der Waals surface area contributed by atoms with Gasteiger partial charge in [0.05, 0.1) is 6.61 Å². The summed E-state index contributed by atoms with van der Waals surface area (Å²) >= 11 is 0. The van der Waals surface area contributed by atoms with Crippen LogP contribution >= 0.6 is 0 Å². The SMILES string of the molecule is Cc1ccc([C@H](C)N)c(OCC(O)CO)c1. The van der Waals surface area contributed by atoms with E-state index in [-0.39, 0.29) is 19.3 Å². The average Bonchev–Trinajstić information content (AvgIpc) is 2.25. The van der Waals surface area contributed by atoms with Crippen LogP contribution in [0, 0.1) is 6.92 Å². The lowest BCUT2D eigenvalue weighted by atomic mass is 10.1. The van der Waals surface area contributed by atoms with Crippen molar-refractivity contribution in [1.29, 1.82) is 0 Å². The Kier molecular flexibility index (Phi) is 4.73. The van der Waals surface area contributed by atoms with Gasteiger partial charge in [-0.05, 0) is 25.5 Å². The molecule has 0 aliphatic rings. The quantitative estimate of drug-likeness (QED) is 0.691. The minimum Gasteiger partial charge on any atom is -0.490 e. The lowest BCUT2D eigenvalue weighted by Crippen LogP contribution is -2.22. The van der Waals surface area contributed by atoms with Gasteiger partial charge < -0.3 is 20.7 Å². The molecule has 1 aromatic carbocycles. The van der Waals surface area contributed by atoms with Crippen LogP contribution in [0.3, 0.4) is 0 Å². The van der Waals surface area contributed by atoms with E-state index in [2.05, 4.69) is 0 Å². The molecule has 0 heterocycles. The molecule has 0 aliphatic heterocycles. The number of ether oxygens (including phenoxy) is 1. The number of rotatable bonds is 5. The zero-order chi connectivity index (χ0) is 12.1. The number of hydrogen-bond donors (Lipinski definition) is 3. The van der Waals surface area contributed by atoms with Crippen LogP contribution in [0.25, 0.3) is 0 Å². The molecule has 2 atom stereocenters. The van der Waals surface area contributed by atoms with E-state index in [0.29, 0.717) is 5.75 Å². The van der Waals surface area contributed by atoms with E-state index in [1.807, 2.05) is 32.0 Å². The van der Waals surface area contributed by atoms with Gasteiger partial charge >= 0.3 is 0 Å². The van der Waals surface area contributed by atoms with Crippen molar-refractivity contribution < 1.29 is 14.9 Å². The van der Waals surface area contributed by atoms with Gasteiger partial charge in [0.1, 0.15) is 18.5 Å². The molecule has 1 rings (SSSR count). The second-order valence-electron chi connectivity index (χ2n) is 3.98. The van der Waals surface area contributed by atoms with Gasteiger partial charge in [-0.2, -0.15) is 0 Å². The summed E-state index contributed by atoms with van der Waals surface area (Å²) in [7, 11) is 0. The third kappa shape index (κ3) is 3.48. The van der Waals surface area contributed by atoms with Crippen LogP contribution in [0.2, 0.25) is 0 Å². The van der Waals surface area contributed by atoms with Gasteiger partial charge in [0, 0.05) is 11.6 Å². The summed E-state index contributed by atoms with van der Waals surface area (Å²) in [6, 6.07) is 5.64. The third-order valence-corrected chi connectivity index (χ3v) is 2.30. The maximum atomic E-state index is 9.21. The van der Waals surface area contributed by atoms with Crippen molar-refractivity contribution >= 4 is 0 Å². The molecule has 0 spiro atoms. The molecule has 90 valence electrons. The Morgan fingerprint density at radius 3 is 2.69 bits per heavy atom. The van der Waals surface area contributed by atoms with Gasteiger partial charge in [-0.15, -0.1) is 0 Å². The second kappa shape index (κ2) is 5.84. The largest absolute Gasteiger partial charge is 0.490 e. The van der Waals surface area contributed by atoms with Gasteiger partial charge in [-0.25, -0.2) is 0 Å². The maximum Gasteiger partial charge on any atom is 0.124 e. The lowest BCUT2D eigenvalue weighted by Gasteiger charge is -2.16. The zero-order valence-corrected chi connectivity index (χ0v) is 9.68. The Morgan fingerprint density at radius 2 is 2.12 bits per heavy atom. The number of aliphatic hydroxyl groups is 2. The molecular weight excluding hydrogens is 206 g/mol. The van der Waals surface area contributed by atoms with Gasteiger partial charge in [0.25, 0.3) is 0 Å². The van der Waals surface area contributed by atoms with Crippen molar-refractivity contribution in [3.05, 3.63) is 29.3 Å². The topological polar surface area (TPSA) is 75.7 Å². The van der Waals surface area contributed by atoms with E-state index < -0.39 is 6.10 Å². The van der Waals surface area contributed by atoms with E-state index >= 15 is 0 Å². The standard InChI is InChI=1S/C12H19NO3/c1-8-3-4-11(9(2)13)12(5-8)16-7-10(15)6-14/h3-5,9-10,14-15H,6-7,13H2,1-2H3/t9-,10?/m0/s1. The van der Waals surface area contributed by atoms with Crippen LogP contribution in [-0.4, -0.2) is 29.5 Å². The molecule has 1 aromatic rings. The van der Waals surface area contributed by atoms with Crippen LogP contribution in [0.15, 0.2) is 18.2 Å². The highest BCUT2D eigenvalue weighted by molar-refractivity contribution is 5.38. The van der Waals surface area contributed by atoms with E-state index in [4.69, 9.17) is 15.6 Å². The van der Waals surface area contributed by atoms with E-state index in [1.165, 1.54) is 0 Å². The predicted molar refractivity (Wildman–Crippen MR) is 62.4 cm³/mol. The molecule has 1 unspecified atom stereocenters. The molecule has 0 saturated carbocycles. The Labute approximate surface area is 95.7 Å². The molecule has 16 heavy (non-hydrogen) atoms. The highest BCUT2D eigenvalue weighted by atomic mass is 16.5. The first-order chi connectivity index (χ1) is 7.54. The molecule has 0 bridgehead atoms. The van der Waals surface area contributed by atoms with Gasteiger partial charge in [0.15, 0.2) is 0 Å². The van der Waals surface area contributed by atoms with Crippen molar-refractivity contribution in [2.24, 2.45) is 5.73 Å². The molecule has 0 aliphatic carbocycles. The molecule has 4 N–H and O–H groups in total. The summed E-state index contributed by atoms with van der Waals surface area (Å²) in [5, 5.41) is 17.9. The Balaban J connectivity index is 2.80. The lowest BCUT2D eigenvalue weighted by molar-refractivity contribution is 0.0532. The van der Waals surface area contributed by atoms with Crippen LogP contribution in [-0.2, 0) is 0 Å². The molecule has 0 saturated heterocycles.